The maximum absolute atomic E-state index is 9.82. The van der Waals surface area contributed by atoms with Crippen molar-refractivity contribution < 1.29 is 10.2 Å². The second kappa shape index (κ2) is 3.98. The highest BCUT2D eigenvalue weighted by Gasteiger charge is 2.13. The van der Waals surface area contributed by atoms with Gasteiger partial charge in [0.05, 0.1) is 10.2 Å². The van der Waals surface area contributed by atoms with Crippen molar-refractivity contribution in [1.82, 2.24) is 0 Å². The van der Waals surface area contributed by atoms with Gasteiger partial charge in [-0.15, -0.1) is 0 Å². The number of allylic oxidation sites excluding steroid dienone is 2. The molecule has 1 heterocycles. The lowest BCUT2D eigenvalue weighted by atomic mass is 10.2. The molecule has 0 bridgehead atoms. The first kappa shape index (κ1) is 10.1. The van der Waals surface area contributed by atoms with Crippen molar-refractivity contribution >= 4 is 21.6 Å². The molecule has 0 aliphatic carbocycles. The second-order valence-corrected chi connectivity index (χ2v) is 4.07. The van der Waals surface area contributed by atoms with E-state index in [1.165, 1.54) is 12.1 Å². The van der Waals surface area contributed by atoms with Crippen LogP contribution in [0.2, 0.25) is 0 Å². The Kier molecular flexibility index (Phi) is 2.68. The molecule has 78 valence electrons. The minimum absolute atomic E-state index is 0.123. The summed E-state index contributed by atoms with van der Waals surface area (Å²) in [6, 6.07) is 2.99. The molecule has 0 saturated carbocycles. The molecule has 2 rings (SSSR count). The zero-order valence-electron chi connectivity index (χ0n) is 7.89. The van der Waals surface area contributed by atoms with E-state index < -0.39 is 0 Å². The lowest BCUT2D eigenvalue weighted by Gasteiger charge is -2.22. The molecule has 2 N–H and O–H groups in total. The molecular formula is C11H10BrNO2. The molecule has 1 aromatic carbocycles. The first-order chi connectivity index (χ1) is 7.18. The summed E-state index contributed by atoms with van der Waals surface area (Å²) in [5.41, 5.74) is 0.586. The first-order valence-corrected chi connectivity index (χ1v) is 5.29. The number of anilines is 1. The van der Waals surface area contributed by atoms with Gasteiger partial charge in [-0.25, -0.2) is 0 Å². The molecule has 1 aliphatic heterocycles. The summed E-state index contributed by atoms with van der Waals surface area (Å²) in [7, 11) is 0. The molecular weight excluding hydrogens is 258 g/mol. The number of benzene rings is 1. The zero-order chi connectivity index (χ0) is 10.8. The SMILES string of the molecule is Oc1cc(Br)c(O)c(N2C=CC=CC2)c1. The van der Waals surface area contributed by atoms with Gasteiger partial charge in [-0.05, 0) is 28.1 Å². The molecule has 0 atom stereocenters. The minimum Gasteiger partial charge on any atom is -0.508 e. The third-order valence-corrected chi connectivity index (χ3v) is 2.76. The summed E-state index contributed by atoms with van der Waals surface area (Å²) in [4.78, 5) is 1.85. The summed E-state index contributed by atoms with van der Waals surface area (Å²) in [5, 5.41) is 19.3. The van der Waals surface area contributed by atoms with Gasteiger partial charge >= 0.3 is 0 Å². The Morgan fingerprint density at radius 1 is 1.20 bits per heavy atom. The zero-order valence-corrected chi connectivity index (χ0v) is 9.48. The number of phenols is 2. The highest BCUT2D eigenvalue weighted by molar-refractivity contribution is 9.10. The van der Waals surface area contributed by atoms with E-state index in [9.17, 15) is 10.2 Å². The van der Waals surface area contributed by atoms with Crippen LogP contribution in [-0.4, -0.2) is 16.8 Å². The number of halogens is 1. The lowest BCUT2D eigenvalue weighted by Crippen LogP contribution is -2.17. The van der Waals surface area contributed by atoms with E-state index in [0.29, 0.717) is 16.7 Å². The van der Waals surface area contributed by atoms with Gasteiger partial charge in [0.15, 0.2) is 5.75 Å². The summed E-state index contributed by atoms with van der Waals surface area (Å²) in [6.07, 6.45) is 7.63. The van der Waals surface area contributed by atoms with Gasteiger partial charge in [0, 0.05) is 18.8 Å². The molecule has 1 aliphatic rings. The maximum atomic E-state index is 9.82. The van der Waals surface area contributed by atoms with Gasteiger partial charge in [-0.3, -0.25) is 0 Å². The largest absolute Gasteiger partial charge is 0.508 e. The molecule has 0 spiro atoms. The molecule has 3 nitrogen and oxygen atoms in total. The van der Waals surface area contributed by atoms with Crippen LogP contribution in [0.25, 0.3) is 0 Å². The Morgan fingerprint density at radius 2 is 2.00 bits per heavy atom. The molecule has 0 unspecified atom stereocenters. The molecule has 1 aromatic rings. The minimum atomic E-state index is 0.123. The van der Waals surface area contributed by atoms with E-state index in [1.807, 2.05) is 29.3 Å². The van der Waals surface area contributed by atoms with E-state index >= 15 is 0 Å². The van der Waals surface area contributed by atoms with Crippen molar-refractivity contribution in [2.75, 3.05) is 11.4 Å². The Bertz CT molecular complexity index is 440. The fraction of sp³-hybridized carbons (Fsp3) is 0.0909. The summed E-state index contributed by atoms with van der Waals surface area (Å²) < 4.78 is 0.487. The van der Waals surface area contributed by atoms with Gasteiger partial charge in [0.1, 0.15) is 5.75 Å². The molecule has 0 saturated heterocycles. The van der Waals surface area contributed by atoms with Crippen LogP contribution in [0, 0.1) is 0 Å². The average molecular weight is 268 g/mol. The highest BCUT2D eigenvalue weighted by atomic mass is 79.9. The Balaban J connectivity index is 2.43. The number of hydrogen-bond donors (Lipinski definition) is 2. The summed E-state index contributed by atoms with van der Waals surface area (Å²) >= 11 is 3.18. The molecule has 0 radical (unpaired) electrons. The summed E-state index contributed by atoms with van der Waals surface area (Å²) in [6.45, 7) is 0.681. The van der Waals surface area contributed by atoms with Crippen LogP contribution in [0.4, 0.5) is 5.69 Å². The van der Waals surface area contributed by atoms with Crippen molar-refractivity contribution in [1.29, 1.82) is 0 Å². The Hall–Kier alpha value is -1.42. The van der Waals surface area contributed by atoms with Crippen LogP contribution in [0.3, 0.4) is 0 Å². The highest BCUT2D eigenvalue weighted by Crippen LogP contribution is 2.38. The van der Waals surface area contributed by atoms with Gasteiger partial charge in [-0.2, -0.15) is 0 Å². The molecule has 15 heavy (non-hydrogen) atoms. The second-order valence-electron chi connectivity index (χ2n) is 3.22. The number of aromatic hydroxyl groups is 2. The van der Waals surface area contributed by atoms with E-state index in [-0.39, 0.29) is 11.5 Å². The van der Waals surface area contributed by atoms with Crippen molar-refractivity contribution in [3.05, 3.63) is 41.0 Å². The van der Waals surface area contributed by atoms with Crippen LogP contribution in [0.5, 0.6) is 11.5 Å². The smallest absolute Gasteiger partial charge is 0.153 e. The monoisotopic (exact) mass is 267 g/mol. The number of hydrogen-bond acceptors (Lipinski definition) is 3. The quantitative estimate of drug-likeness (QED) is 0.770. The topological polar surface area (TPSA) is 43.7 Å². The molecule has 0 aromatic heterocycles. The first-order valence-electron chi connectivity index (χ1n) is 4.50. The average Bonchev–Trinajstić information content (AvgIpc) is 2.24. The van der Waals surface area contributed by atoms with Crippen molar-refractivity contribution in [2.45, 2.75) is 0 Å². The number of nitrogens with zero attached hydrogens (tertiary/aromatic N) is 1. The molecule has 0 amide bonds. The third-order valence-electron chi connectivity index (χ3n) is 2.15. The van der Waals surface area contributed by atoms with E-state index in [1.54, 1.807) is 0 Å². The van der Waals surface area contributed by atoms with Crippen LogP contribution in [-0.2, 0) is 0 Å². The van der Waals surface area contributed by atoms with Crippen LogP contribution >= 0.6 is 15.9 Å². The normalized spacial score (nSPS) is 14.6. The van der Waals surface area contributed by atoms with Crippen molar-refractivity contribution in [3.8, 4) is 11.5 Å². The van der Waals surface area contributed by atoms with Gasteiger partial charge in [-0.1, -0.05) is 12.2 Å². The molecule has 4 heteroatoms. The third kappa shape index (κ3) is 1.99. The van der Waals surface area contributed by atoms with E-state index in [4.69, 9.17) is 0 Å². The number of rotatable bonds is 1. The van der Waals surface area contributed by atoms with E-state index in [0.717, 1.165) is 0 Å². The maximum Gasteiger partial charge on any atom is 0.153 e. The van der Waals surface area contributed by atoms with Crippen LogP contribution < -0.4 is 4.90 Å². The Labute approximate surface area is 96.1 Å². The van der Waals surface area contributed by atoms with Gasteiger partial charge in [0.25, 0.3) is 0 Å². The van der Waals surface area contributed by atoms with Crippen LogP contribution in [0.15, 0.2) is 41.0 Å². The van der Waals surface area contributed by atoms with E-state index in [2.05, 4.69) is 15.9 Å². The summed E-state index contributed by atoms with van der Waals surface area (Å²) in [5.74, 6) is 0.255. The van der Waals surface area contributed by atoms with Crippen LogP contribution in [0.1, 0.15) is 0 Å². The predicted molar refractivity (Wildman–Crippen MR) is 63.1 cm³/mol. The van der Waals surface area contributed by atoms with Gasteiger partial charge < -0.3 is 15.1 Å². The van der Waals surface area contributed by atoms with Crippen molar-refractivity contribution in [3.63, 3.8) is 0 Å². The number of phenolic OH excluding ortho intramolecular Hbond substituents is 2. The Morgan fingerprint density at radius 3 is 2.67 bits per heavy atom. The van der Waals surface area contributed by atoms with Crippen molar-refractivity contribution in [2.24, 2.45) is 0 Å². The standard InChI is InChI=1S/C11H10BrNO2/c12-9-6-8(14)7-10(11(9)15)13-4-2-1-3-5-13/h1-4,6-7,14-15H,5H2. The lowest BCUT2D eigenvalue weighted by molar-refractivity contribution is 0.458. The predicted octanol–water partition coefficient (Wildman–Crippen LogP) is 2.75. The fourth-order valence-corrected chi connectivity index (χ4v) is 1.87. The van der Waals surface area contributed by atoms with Gasteiger partial charge in [0.2, 0.25) is 0 Å². The molecule has 0 fully saturated rings. The fourth-order valence-electron chi connectivity index (χ4n) is 1.44.